The summed E-state index contributed by atoms with van der Waals surface area (Å²) in [6.07, 6.45) is 7.93. The molecule has 0 aromatic rings. The van der Waals surface area contributed by atoms with E-state index in [-0.39, 0.29) is 5.54 Å². The Hall–Kier alpha value is -0.0800. The highest BCUT2D eigenvalue weighted by Gasteiger charge is 2.33. The summed E-state index contributed by atoms with van der Waals surface area (Å²) in [4.78, 5) is 2.59. The van der Waals surface area contributed by atoms with Gasteiger partial charge in [0.25, 0.3) is 0 Å². The molecule has 1 atom stereocenters. The minimum atomic E-state index is 0.165. The lowest BCUT2D eigenvalue weighted by atomic mass is 9.98. The van der Waals surface area contributed by atoms with Gasteiger partial charge in [0.2, 0.25) is 0 Å². The van der Waals surface area contributed by atoms with Crippen molar-refractivity contribution in [2.24, 2.45) is 5.73 Å². The molecule has 0 radical (unpaired) electrons. The molecule has 1 heterocycles. The molecule has 2 rings (SSSR count). The summed E-state index contributed by atoms with van der Waals surface area (Å²) in [7, 11) is 0. The van der Waals surface area contributed by atoms with Crippen LogP contribution in [0.15, 0.2) is 0 Å². The van der Waals surface area contributed by atoms with Crippen LogP contribution in [-0.2, 0) is 0 Å². The second-order valence-electron chi connectivity index (χ2n) is 5.03. The zero-order valence-electron chi connectivity index (χ0n) is 8.76. The van der Waals surface area contributed by atoms with Crippen LogP contribution in [0.4, 0.5) is 0 Å². The first kappa shape index (κ1) is 9.47. The van der Waals surface area contributed by atoms with Crippen LogP contribution >= 0.6 is 0 Å². The SMILES string of the molecule is CC1CCCN1CC1(N)CCCC1. The smallest absolute Gasteiger partial charge is 0.0283 e. The fraction of sp³-hybridized carbons (Fsp3) is 1.00. The monoisotopic (exact) mass is 182 g/mol. The molecule has 76 valence electrons. The molecule has 1 saturated carbocycles. The van der Waals surface area contributed by atoms with E-state index in [1.54, 1.807) is 0 Å². The summed E-state index contributed by atoms with van der Waals surface area (Å²) in [6.45, 7) is 4.76. The van der Waals surface area contributed by atoms with Gasteiger partial charge in [0.15, 0.2) is 0 Å². The third-order valence-electron chi connectivity index (χ3n) is 3.81. The molecule has 1 aliphatic carbocycles. The average molecular weight is 182 g/mol. The Balaban J connectivity index is 1.88. The first-order chi connectivity index (χ1) is 6.20. The van der Waals surface area contributed by atoms with E-state index in [2.05, 4.69) is 11.8 Å². The Morgan fingerprint density at radius 3 is 2.54 bits per heavy atom. The fourth-order valence-corrected chi connectivity index (χ4v) is 2.87. The normalized spacial score (nSPS) is 34.2. The number of likely N-dealkylation sites (tertiary alicyclic amines) is 1. The second kappa shape index (κ2) is 3.58. The molecular weight excluding hydrogens is 160 g/mol. The Morgan fingerprint density at radius 2 is 2.00 bits per heavy atom. The average Bonchev–Trinajstić information content (AvgIpc) is 2.64. The first-order valence-corrected chi connectivity index (χ1v) is 5.73. The van der Waals surface area contributed by atoms with E-state index >= 15 is 0 Å². The number of nitrogens with zero attached hydrogens (tertiary/aromatic N) is 1. The predicted octanol–water partition coefficient (Wildman–Crippen LogP) is 1.74. The van der Waals surface area contributed by atoms with Crippen LogP contribution in [0.3, 0.4) is 0 Å². The minimum Gasteiger partial charge on any atom is -0.324 e. The highest BCUT2D eigenvalue weighted by atomic mass is 15.2. The summed E-state index contributed by atoms with van der Waals surface area (Å²) >= 11 is 0. The quantitative estimate of drug-likeness (QED) is 0.705. The van der Waals surface area contributed by atoms with Crippen molar-refractivity contribution in [1.82, 2.24) is 4.90 Å². The molecule has 1 aliphatic heterocycles. The first-order valence-electron chi connectivity index (χ1n) is 5.73. The van der Waals surface area contributed by atoms with Crippen molar-refractivity contribution in [2.75, 3.05) is 13.1 Å². The van der Waals surface area contributed by atoms with Gasteiger partial charge in [-0.05, 0) is 39.2 Å². The van der Waals surface area contributed by atoms with E-state index in [0.29, 0.717) is 0 Å². The zero-order valence-corrected chi connectivity index (χ0v) is 8.76. The maximum Gasteiger partial charge on any atom is 0.0283 e. The summed E-state index contributed by atoms with van der Waals surface area (Å²) in [5, 5.41) is 0. The van der Waals surface area contributed by atoms with Crippen LogP contribution in [0, 0.1) is 0 Å². The van der Waals surface area contributed by atoms with E-state index in [9.17, 15) is 0 Å². The van der Waals surface area contributed by atoms with E-state index in [1.807, 2.05) is 0 Å². The molecule has 1 unspecified atom stereocenters. The van der Waals surface area contributed by atoms with Crippen molar-refractivity contribution >= 4 is 0 Å². The van der Waals surface area contributed by atoms with Crippen molar-refractivity contribution in [2.45, 2.75) is 57.0 Å². The highest BCUT2D eigenvalue weighted by Crippen LogP contribution is 2.30. The van der Waals surface area contributed by atoms with Gasteiger partial charge in [0, 0.05) is 18.1 Å². The maximum absolute atomic E-state index is 6.36. The van der Waals surface area contributed by atoms with Gasteiger partial charge in [-0.25, -0.2) is 0 Å². The zero-order chi connectivity index (χ0) is 9.31. The lowest BCUT2D eigenvalue weighted by molar-refractivity contribution is 0.204. The molecule has 2 N–H and O–H groups in total. The molecule has 2 heteroatoms. The summed E-state index contributed by atoms with van der Waals surface area (Å²) in [5.74, 6) is 0. The van der Waals surface area contributed by atoms with Gasteiger partial charge in [-0.15, -0.1) is 0 Å². The van der Waals surface area contributed by atoms with Crippen LogP contribution in [0.5, 0.6) is 0 Å². The standard InChI is InChI=1S/C11H22N2/c1-10-5-4-8-13(10)9-11(12)6-2-3-7-11/h10H,2-9,12H2,1H3. The molecule has 13 heavy (non-hydrogen) atoms. The van der Waals surface area contributed by atoms with Crippen LogP contribution in [0.2, 0.25) is 0 Å². The molecule has 0 aromatic carbocycles. The van der Waals surface area contributed by atoms with Crippen molar-refractivity contribution in [3.05, 3.63) is 0 Å². The molecule has 2 aliphatic rings. The van der Waals surface area contributed by atoms with Crippen molar-refractivity contribution in [3.63, 3.8) is 0 Å². The minimum absolute atomic E-state index is 0.165. The highest BCUT2D eigenvalue weighted by molar-refractivity contribution is 4.94. The molecule has 0 amide bonds. The van der Waals surface area contributed by atoms with Crippen LogP contribution in [0.1, 0.15) is 45.4 Å². The number of hydrogen-bond acceptors (Lipinski definition) is 2. The fourth-order valence-electron chi connectivity index (χ4n) is 2.87. The van der Waals surface area contributed by atoms with Gasteiger partial charge in [-0.3, -0.25) is 4.90 Å². The molecular formula is C11H22N2. The molecule has 0 spiro atoms. The third-order valence-corrected chi connectivity index (χ3v) is 3.81. The van der Waals surface area contributed by atoms with Crippen molar-refractivity contribution in [3.8, 4) is 0 Å². The van der Waals surface area contributed by atoms with Gasteiger partial charge >= 0.3 is 0 Å². The number of rotatable bonds is 2. The van der Waals surface area contributed by atoms with Gasteiger partial charge in [-0.2, -0.15) is 0 Å². The Bertz CT molecular complexity index is 173. The molecule has 0 bridgehead atoms. The lowest BCUT2D eigenvalue weighted by Crippen LogP contribution is -2.49. The Morgan fingerprint density at radius 1 is 1.31 bits per heavy atom. The topological polar surface area (TPSA) is 29.3 Å². The van der Waals surface area contributed by atoms with Crippen LogP contribution in [0.25, 0.3) is 0 Å². The third kappa shape index (κ3) is 2.05. The molecule has 2 nitrogen and oxygen atoms in total. The predicted molar refractivity (Wildman–Crippen MR) is 55.7 cm³/mol. The summed E-state index contributed by atoms with van der Waals surface area (Å²) < 4.78 is 0. The van der Waals surface area contributed by atoms with Gasteiger partial charge in [0.1, 0.15) is 0 Å². The van der Waals surface area contributed by atoms with Crippen molar-refractivity contribution < 1.29 is 0 Å². The summed E-state index contributed by atoms with van der Waals surface area (Å²) in [6, 6.07) is 0.779. The molecule has 1 saturated heterocycles. The largest absolute Gasteiger partial charge is 0.324 e. The van der Waals surface area contributed by atoms with Crippen LogP contribution in [-0.4, -0.2) is 29.6 Å². The van der Waals surface area contributed by atoms with E-state index in [0.717, 1.165) is 12.6 Å². The number of nitrogens with two attached hydrogens (primary N) is 1. The molecule has 2 fully saturated rings. The van der Waals surface area contributed by atoms with Crippen molar-refractivity contribution in [1.29, 1.82) is 0 Å². The summed E-state index contributed by atoms with van der Waals surface area (Å²) in [5.41, 5.74) is 6.52. The molecule has 0 aromatic heterocycles. The van der Waals surface area contributed by atoms with Gasteiger partial charge < -0.3 is 5.73 Å². The van der Waals surface area contributed by atoms with E-state index in [1.165, 1.54) is 45.1 Å². The number of hydrogen-bond donors (Lipinski definition) is 1. The second-order valence-corrected chi connectivity index (χ2v) is 5.03. The Kier molecular flexibility index (Phi) is 2.61. The van der Waals surface area contributed by atoms with Gasteiger partial charge in [0.05, 0.1) is 0 Å². The van der Waals surface area contributed by atoms with Crippen LogP contribution < -0.4 is 5.73 Å². The van der Waals surface area contributed by atoms with E-state index in [4.69, 9.17) is 5.73 Å². The van der Waals surface area contributed by atoms with E-state index < -0.39 is 0 Å². The Labute approximate surface area is 81.5 Å². The lowest BCUT2D eigenvalue weighted by Gasteiger charge is -2.32. The van der Waals surface area contributed by atoms with Gasteiger partial charge in [-0.1, -0.05) is 12.8 Å². The maximum atomic E-state index is 6.36.